The van der Waals surface area contributed by atoms with Crippen LogP contribution in [0.2, 0.25) is 0 Å². The van der Waals surface area contributed by atoms with Gasteiger partial charge in [-0.05, 0) is 37.2 Å². The highest BCUT2D eigenvalue weighted by molar-refractivity contribution is 5.97. The van der Waals surface area contributed by atoms with Gasteiger partial charge >= 0.3 is 5.97 Å². The van der Waals surface area contributed by atoms with Crippen LogP contribution in [-0.2, 0) is 40.0 Å². The molecule has 0 bridgehead atoms. The molecule has 1 aromatic carbocycles. The van der Waals surface area contributed by atoms with Crippen molar-refractivity contribution in [1.82, 2.24) is 26.6 Å². The van der Waals surface area contributed by atoms with Gasteiger partial charge < -0.3 is 47.6 Å². The Balaban J connectivity index is 3.08. The number of carbonyl (C=O) groups excluding carboxylic acids is 6. The summed E-state index contributed by atoms with van der Waals surface area (Å²) in [6.45, 7) is 7.39. The van der Waals surface area contributed by atoms with E-state index in [0.717, 1.165) is 6.92 Å². The Labute approximate surface area is 273 Å². The average molecular weight is 665 g/mol. The van der Waals surface area contributed by atoms with E-state index in [0.29, 0.717) is 5.56 Å². The average Bonchev–Trinajstić information content (AvgIpc) is 2.96. The van der Waals surface area contributed by atoms with Crippen LogP contribution in [0.1, 0.15) is 59.4 Å². The van der Waals surface area contributed by atoms with Crippen LogP contribution in [0.5, 0.6) is 0 Å². The number of carbonyl (C=O) groups is 7. The number of aliphatic hydroxyl groups excluding tert-OH is 2. The predicted molar refractivity (Wildman–Crippen MR) is 169 cm³/mol. The first kappa shape index (κ1) is 40.5. The molecule has 0 fully saturated rings. The predicted octanol–water partition coefficient (Wildman–Crippen LogP) is -1.92. The van der Waals surface area contributed by atoms with Gasteiger partial charge in [0.15, 0.2) is 0 Å². The first-order chi connectivity index (χ1) is 21.9. The van der Waals surface area contributed by atoms with E-state index in [2.05, 4.69) is 26.6 Å². The molecule has 0 saturated carbocycles. The standard InChI is InChI=1S/C31H48N6O10/c1-16(2)11-20(27(32)43)34-30(46)23(15-38)36-31(47)26(18(5)39)37-29(45)22(14-25(41)42)35-28(44)21(12-17(3)4)33-24(40)13-19-9-7-6-8-10-19/h6-10,16-18,20-23,26,38-39H,11-15H2,1-5H3,(H2,32,43)(H,33,40)(H,34,46)(H,35,44)(H,36,47)(H,37,45)(H,41,42)/t18-,20+,21+,22+,23+,26+/m1/s1. The number of rotatable bonds is 20. The zero-order valence-electron chi connectivity index (χ0n) is 27.3. The van der Waals surface area contributed by atoms with E-state index in [9.17, 15) is 48.9 Å². The summed E-state index contributed by atoms with van der Waals surface area (Å²) >= 11 is 0. The lowest BCUT2D eigenvalue weighted by atomic mass is 10.0. The number of aliphatic carboxylic acids is 1. The fourth-order valence-corrected chi connectivity index (χ4v) is 4.49. The van der Waals surface area contributed by atoms with Crippen molar-refractivity contribution >= 4 is 41.4 Å². The molecule has 16 heteroatoms. The van der Waals surface area contributed by atoms with E-state index in [4.69, 9.17) is 5.73 Å². The molecular formula is C31H48N6O10. The number of nitrogens with one attached hydrogen (secondary N) is 5. The zero-order valence-corrected chi connectivity index (χ0v) is 27.3. The van der Waals surface area contributed by atoms with E-state index in [-0.39, 0.29) is 31.1 Å². The SMILES string of the molecule is CC(C)C[C@H](NC(=O)[C@H](CO)NC(=O)[C@@H](NC(=O)[C@H](CC(=O)O)NC(=O)[C@H](CC(C)C)NC(=O)Cc1ccccc1)[C@@H](C)O)C(N)=O. The Hall–Kier alpha value is -4.57. The summed E-state index contributed by atoms with van der Waals surface area (Å²) in [7, 11) is 0. The highest BCUT2D eigenvalue weighted by Gasteiger charge is 2.35. The number of hydrogen-bond acceptors (Lipinski definition) is 9. The Morgan fingerprint density at radius 3 is 1.66 bits per heavy atom. The molecule has 1 aromatic rings. The van der Waals surface area contributed by atoms with Gasteiger partial charge in [0, 0.05) is 0 Å². The molecule has 0 unspecified atom stereocenters. The topological polar surface area (TPSA) is 266 Å². The molecular weight excluding hydrogens is 616 g/mol. The molecule has 0 aromatic heterocycles. The summed E-state index contributed by atoms with van der Waals surface area (Å²) in [5, 5.41) is 41.1. The Morgan fingerprint density at radius 1 is 0.681 bits per heavy atom. The minimum absolute atomic E-state index is 0.0271. The molecule has 0 saturated heterocycles. The van der Waals surface area contributed by atoms with Crippen LogP contribution in [0.15, 0.2) is 30.3 Å². The van der Waals surface area contributed by atoms with E-state index in [1.807, 2.05) is 0 Å². The fraction of sp³-hybridized carbons (Fsp3) is 0.581. The molecule has 6 atom stereocenters. The van der Waals surface area contributed by atoms with Crippen LogP contribution in [0, 0.1) is 11.8 Å². The molecule has 0 radical (unpaired) electrons. The van der Waals surface area contributed by atoms with Gasteiger partial charge in [-0.2, -0.15) is 0 Å². The van der Waals surface area contributed by atoms with Gasteiger partial charge in [-0.3, -0.25) is 33.6 Å². The maximum absolute atomic E-state index is 13.2. The van der Waals surface area contributed by atoms with Crippen molar-refractivity contribution in [2.24, 2.45) is 17.6 Å². The molecule has 262 valence electrons. The summed E-state index contributed by atoms with van der Waals surface area (Å²) in [6, 6.07) is 1.42. The molecule has 10 N–H and O–H groups in total. The second kappa shape index (κ2) is 19.8. The second-order valence-electron chi connectivity index (χ2n) is 12.1. The lowest BCUT2D eigenvalue weighted by Gasteiger charge is -2.27. The van der Waals surface area contributed by atoms with Crippen LogP contribution in [-0.4, -0.2) is 99.7 Å². The van der Waals surface area contributed by atoms with E-state index >= 15 is 0 Å². The third kappa shape index (κ3) is 15.0. The quantitative estimate of drug-likeness (QED) is 0.0746. The Kier molecular flexibility index (Phi) is 17.1. The summed E-state index contributed by atoms with van der Waals surface area (Å²) in [5.41, 5.74) is 6.03. The van der Waals surface area contributed by atoms with E-state index in [1.54, 1.807) is 58.0 Å². The molecule has 1 rings (SSSR count). The summed E-state index contributed by atoms with van der Waals surface area (Å²) in [4.78, 5) is 88.2. The van der Waals surface area contributed by atoms with Gasteiger partial charge in [0.05, 0.1) is 25.6 Å². The highest BCUT2D eigenvalue weighted by atomic mass is 16.4. The van der Waals surface area contributed by atoms with E-state index < -0.39 is 90.8 Å². The summed E-state index contributed by atoms with van der Waals surface area (Å²) in [5.74, 6) is -6.99. The monoisotopic (exact) mass is 664 g/mol. The molecule has 0 aliphatic carbocycles. The lowest BCUT2D eigenvalue weighted by molar-refractivity contribution is -0.142. The van der Waals surface area contributed by atoms with Gasteiger partial charge in [0.2, 0.25) is 35.4 Å². The number of carboxylic acid groups (broad SMARTS) is 1. The minimum atomic E-state index is -1.77. The van der Waals surface area contributed by atoms with Crippen molar-refractivity contribution in [2.75, 3.05) is 6.61 Å². The molecule has 0 heterocycles. The first-order valence-electron chi connectivity index (χ1n) is 15.3. The number of benzene rings is 1. The van der Waals surface area contributed by atoms with Crippen LogP contribution < -0.4 is 32.3 Å². The van der Waals surface area contributed by atoms with E-state index in [1.165, 1.54) is 0 Å². The molecule has 0 spiro atoms. The highest BCUT2D eigenvalue weighted by Crippen LogP contribution is 2.09. The van der Waals surface area contributed by atoms with Crippen LogP contribution in [0.25, 0.3) is 0 Å². The van der Waals surface area contributed by atoms with Crippen molar-refractivity contribution in [3.8, 4) is 0 Å². The summed E-state index contributed by atoms with van der Waals surface area (Å²) < 4.78 is 0. The second-order valence-corrected chi connectivity index (χ2v) is 12.1. The Morgan fingerprint density at radius 2 is 1.17 bits per heavy atom. The molecule has 47 heavy (non-hydrogen) atoms. The minimum Gasteiger partial charge on any atom is -0.481 e. The summed E-state index contributed by atoms with van der Waals surface area (Å²) in [6.07, 6.45) is -2.19. The van der Waals surface area contributed by atoms with Crippen molar-refractivity contribution in [3.05, 3.63) is 35.9 Å². The number of carboxylic acids is 1. The maximum Gasteiger partial charge on any atom is 0.305 e. The molecule has 0 aliphatic rings. The number of hydrogen-bond donors (Lipinski definition) is 9. The smallest absolute Gasteiger partial charge is 0.305 e. The molecule has 16 nitrogen and oxygen atoms in total. The van der Waals surface area contributed by atoms with Crippen LogP contribution in [0.4, 0.5) is 0 Å². The van der Waals surface area contributed by atoms with Gasteiger partial charge in [-0.15, -0.1) is 0 Å². The normalized spacial score (nSPS) is 14.9. The number of primary amides is 1. The van der Waals surface area contributed by atoms with Crippen molar-refractivity contribution in [1.29, 1.82) is 0 Å². The third-order valence-corrected chi connectivity index (χ3v) is 6.82. The number of aliphatic hydroxyl groups is 2. The van der Waals surface area contributed by atoms with Crippen molar-refractivity contribution in [3.63, 3.8) is 0 Å². The van der Waals surface area contributed by atoms with Gasteiger partial charge in [0.1, 0.15) is 30.2 Å². The van der Waals surface area contributed by atoms with Crippen molar-refractivity contribution in [2.45, 2.75) is 96.6 Å². The van der Waals surface area contributed by atoms with Gasteiger partial charge in [-0.25, -0.2) is 0 Å². The fourth-order valence-electron chi connectivity index (χ4n) is 4.49. The molecule has 6 amide bonds. The van der Waals surface area contributed by atoms with Gasteiger partial charge in [-0.1, -0.05) is 58.0 Å². The Bertz CT molecular complexity index is 1240. The van der Waals surface area contributed by atoms with Gasteiger partial charge in [0.25, 0.3) is 0 Å². The third-order valence-electron chi connectivity index (χ3n) is 6.82. The number of amides is 6. The molecule has 0 aliphatic heterocycles. The maximum atomic E-state index is 13.2. The largest absolute Gasteiger partial charge is 0.481 e. The van der Waals surface area contributed by atoms with Crippen LogP contribution in [0.3, 0.4) is 0 Å². The lowest BCUT2D eigenvalue weighted by Crippen LogP contribution is -2.62. The first-order valence-corrected chi connectivity index (χ1v) is 15.3. The van der Waals surface area contributed by atoms with Crippen molar-refractivity contribution < 1.29 is 48.9 Å². The zero-order chi connectivity index (χ0) is 35.8. The van der Waals surface area contributed by atoms with Crippen LogP contribution >= 0.6 is 0 Å². The number of nitrogens with two attached hydrogens (primary N) is 1.